The number of carbonyl (C=O) groups is 1. The van der Waals surface area contributed by atoms with Crippen molar-refractivity contribution >= 4 is 28.3 Å². The summed E-state index contributed by atoms with van der Waals surface area (Å²) in [6, 6.07) is 10.1. The predicted molar refractivity (Wildman–Crippen MR) is 123 cm³/mol. The molecule has 1 aromatic carbocycles. The van der Waals surface area contributed by atoms with Crippen molar-refractivity contribution in [1.29, 1.82) is 0 Å². The molecule has 0 saturated carbocycles. The van der Waals surface area contributed by atoms with Gasteiger partial charge in [-0.3, -0.25) is 4.98 Å². The first-order valence-corrected chi connectivity index (χ1v) is 10.8. The summed E-state index contributed by atoms with van der Waals surface area (Å²) < 4.78 is 7.31. The molecule has 164 valence electrons. The molecule has 3 heterocycles. The van der Waals surface area contributed by atoms with Gasteiger partial charge in [0, 0.05) is 40.9 Å². The fraction of sp³-hybridized carbons (Fsp3) is 0.333. The van der Waals surface area contributed by atoms with Gasteiger partial charge in [0.25, 0.3) is 0 Å². The van der Waals surface area contributed by atoms with Crippen LogP contribution in [-0.4, -0.2) is 37.3 Å². The van der Waals surface area contributed by atoms with E-state index in [1.54, 1.807) is 0 Å². The second-order valence-electron chi connectivity index (χ2n) is 9.21. The number of hydrogen-bond donors (Lipinski definition) is 2. The summed E-state index contributed by atoms with van der Waals surface area (Å²) in [4.78, 5) is 21.2. The summed E-state index contributed by atoms with van der Waals surface area (Å²) in [7, 11) is 0. The Bertz CT molecular complexity index is 1340. The number of hydrogen-bond acceptors (Lipinski definition) is 6. The monoisotopic (exact) mass is 430 g/mol. The Morgan fingerprint density at radius 2 is 2.06 bits per heavy atom. The molecule has 1 aliphatic carbocycles. The number of ether oxygens (including phenoxy) is 1. The normalized spacial score (nSPS) is 16.2. The molecule has 0 unspecified atom stereocenters. The van der Waals surface area contributed by atoms with Crippen LogP contribution in [0, 0.1) is 0 Å². The first-order valence-electron chi connectivity index (χ1n) is 10.8. The maximum Gasteiger partial charge on any atom is 0.407 e. The average molecular weight is 431 g/mol. The zero-order valence-electron chi connectivity index (χ0n) is 18.4. The second kappa shape index (κ2) is 7.47. The van der Waals surface area contributed by atoms with Crippen LogP contribution in [0.25, 0.3) is 27.5 Å². The summed E-state index contributed by atoms with van der Waals surface area (Å²) in [6.07, 6.45) is 5.16. The number of carbonyl (C=O) groups excluding carboxylic acids is 1. The molecule has 8 nitrogen and oxygen atoms in total. The highest BCUT2D eigenvalue weighted by atomic mass is 16.6. The molecule has 0 aliphatic heterocycles. The van der Waals surface area contributed by atoms with E-state index in [9.17, 15) is 4.79 Å². The van der Waals surface area contributed by atoms with Crippen molar-refractivity contribution in [2.24, 2.45) is 0 Å². The van der Waals surface area contributed by atoms with E-state index >= 15 is 0 Å². The molecule has 0 saturated heterocycles. The molecule has 0 spiro atoms. The Labute approximate surface area is 185 Å². The zero-order valence-corrected chi connectivity index (χ0v) is 18.4. The Morgan fingerprint density at radius 1 is 1.25 bits per heavy atom. The van der Waals surface area contributed by atoms with E-state index in [4.69, 9.17) is 10.5 Å². The molecule has 1 amide bonds. The summed E-state index contributed by atoms with van der Waals surface area (Å²) >= 11 is 0. The molecule has 3 aromatic heterocycles. The fourth-order valence-corrected chi connectivity index (χ4v) is 4.47. The summed E-state index contributed by atoms with van der Waals surface area (Å²) in [6.45, 7) is 5.57. The van der Waals surface area contributed by atoms with Crippen LogP contribution in [-0.2, 0) is 17.6 Å². The van der Waals surface area contributed by atoms with Crippen molar-refractivity contribution in [3.8, 4) is 11.1 Å². The average Bonchev–Trinajstić information content (AvgIpc) is 3.07. The molecule has 1 aliphatic rings. The van der Waals surface area contributed by atoms with Crippen LogP contribution < -0.4 is 11.1 Å². The van der Waals surface area contributed by atoms with Crippen LogP contribution in [0.15, 0.2) is 42.9 Å². The van der Waals surface area contributed by atoms with Crippen molar-refractivity contribution in [2.45, 2.75) is 51.7 Å². The van der Waals surface area contributed by atoms with Crippen molar-refractivity contribution in [3.63, 3.8) is 0 Å². The fourth-order valence-electron chi connectivity index (χ4n) is 4.47. The van der Waals surface area contributed by atoms with Crippen molar-refractivity contribution in [3.05, 3.63) is 54.1 Å². The van der Waals surface area contributed by atoms with Crippen LogP contribution in [0.5, 0.6) is 0 Å². The molecule has 4 aromatic rings. The lowest BCUT2D eigenvalue weighted by molar-refractivity contribution is 0.0500. The number of nitrogens with two attached hydrogens (primary N) is 1. The zero-order chi connectivity index (χ0) is 22.5. The number of rotatable bonds is 2. The predicted octanol–water partition coefficient (Wildman–Crippen LogP) is 3.91. The number of nitrogen functional groups attached to an aromatic ring is 1. The highest BCUT2D eigenvalue weighted by Gasteiger charge is 2.30. The van der Waals surface area contributed by atoms with Gasteiger partial charge < -0.3 is 15.8 Å². The number of amides is 1. The van der Waals surface area contributed by atoms with Crippen molar-refractivity contribution in [2.75, 3.05) is 5.73 Å². The van der Waals surface area contributed by atoms with Gasteiger partial charge in [0.2, 0.25) is 0 Å². The van der Waals surface area contributed by atoms with Gasteiger partial charge >= 0.3 is 6.09 Å². The molecular weight excluding hydrogens is 404 g/mol. The van der Waals surface area contributed by atoms with Gasteiger partial charge in [0.05, 0.1) is 5.52 Å². The van der Waals surface area contributed by atoms with Gasteiger partial charge in [-0.2, -0.15) is 5.10 Å². The largest absolute Gasteiger partial charge is 0.444 e. The molecule has 8 heteroatoms. The van der Waals surface area contributed by atoms with Crippen LogP contribution in [0.2, 0.25) is 0 Å². The summed E-state index contributed by atoms with van der Waals surface area (Å²) in [5.74, 6) is 0.425. The van der Waals surface area contributed by atoms with E-state index in [0.29, 0.717) is 12.2 Å². The molecular formula is C24H26N6O2. The van der Waals surface area contributed by atoms with Gasteiger partial charge in [-0.1, -0.05) is 18.2 Å². The van der Waals surface area contributed by atoms with Crippen LogP contribution in [0.1, 0.15) is 38.4 Å². The van der Waals surface area contributed by atoms with Gasteiger partial charge in [-0.15, -0.1) is 0 Å². The van der Waals surface area contributed by atoms with E-state index in [1.165, 1.54) is 11.9 Å². The number of anilines is 1. The van der Waals surface area contributed by atoms with E-state index in [1.807, 2.05) is 49.7 Å². The quantitative estimate of drug-likeness (QED) is 0.499. The Balaban J connectivity index is 1.57. The van der Waals surface area contributed by atoms with E-state index in [0.717, 1.165) is 46.1 Å². The Kier molecular flexibility index (Phi) is 4.73. The maximum absolute atomic E-state index is 12.3. The number of nitrogens with one attached hydrogen (secondary N) is 1. The van der Waals surface area contributed by atoms with E-state index < -0.39 is 11.7 Å². The van der Waals surface area contributed by atoms with E-state index in [-0.39, 0.29) is 6.04 Å². The molecule has 1 atom stereocenters. The van der Waals surface area contributed by atoms with Crippen LogP contribution >= 0.6 is 0 Å². The lowest BCUT2D eigenvalue weighted by Crippen LogP contribution is -2.42. The minimum absolute atomic E-state index is 0.0470. The number of aromatic nitrogens is 4. The third-order valence-corrected chi connectivity index (χ3v) is 5.74. The number of nitrogens with zero attached hydrogens (tertiary/aromatic N) is 4. The number of fused-ring (bicyclic) bond motifs is 4. The van der Waals surface area contributed by atoms with Crippen LogP contribution in [0.4, 0.5) is 10.6 Å². The molecule has 0 radical (unpaired) electrons. The second-order valence-corrected chi connectivity index (χ2v) is 9.21. The first kappa shape index (κ1) is 20.2. The SMILES string of the molecule is CC(C)(C)OC(=O)N[C@@H]1CCc2c(-c3cnc4ccccc4c3)c3c(N)ncnn3c2C1. The van der Waals surface area contributed by atoms with Gasteiger partial charge in [0.15, 0.2) is 5.82 Å². The number of benzene rings is 1. The topological polar surface area (TPSA) is 107 Å². The number of pyridine rings is 1. The molecule has 5 rings (SSSR count). The lowest BCUT2D eigenvalue weighted by atomic mass is 9.89. The van der Waals surface area contributed by atoms with Crippen molar-refractivity contribution in [1.82, 2.24) is 24.9 Å². The number of para-hydroxylation sites is 1. The standard InChI is InChI=1S/C24H26N6O2/c1-24(2,3)32-23(31)29-16-8-9-17-19(11-16)30-21(22(25)27-13-28-30)20(17)15-10-14-6-4-5-7-18(14)26-12-15/h4-7,10,12-13,16H,8-9,11H2,1-3H3,(H,29,31)(H2,25,27,28)/t16-/m1/s1. The van der Waals surface area contributed by atoms with Gasteiger partial charge in [-0.25, -0.2) is 14.3 Å². The lowest BCUT2D eigenvalue weighted by Gasteiger charge is -2.26. The van der Waals surface area contributed by atoms with Crippen molar-refractivity contribution < 1.29 is 9.53 Å². The Hall–Kier alpha value is -3.68. The highest BCUT2D eigenvalue weighted by molar-refractivity contribution is 5.94. The van der Waals surface area contributed by atoms with Crippen LogP contribution in [0.3, 0.4) is 0 Å². The third kappa shape index (κ3) is 3.62. The van der Waals surface area contributed by atoms with Gasteiger partial charge in [-0.05, 0) is 51.3 Å². The van der Waals surface area contributed by atoms with Gasteiger partial charge in [0.1, 0.15) is 17.4 Å². The molecule has 32 heavy (non-hydrogen) atoms. The molecule has 0 fully saturated rings. The Morgan fingerprint density at radius 3 is 2.88 bits per heavy atom. The molecule has 0 bridgehead atoms. The van der Waals surface area contributed by atoms with E-state index in [2.05, 4.69) is 32.5 Å². The number of alkyl carbamates (subject to hydrolysis) is 1. The minimum atomic E-state index is -0.538. The first-order chi connectivity index (χ1) is 15.3. The maximum atomic E-state index is 12.3. The third-order valence-electron chi connectivity index (χ3n) is 5.74. The summed E-state index contributed by atoms with van der Waals surface area (Å²) in [5, 5.41) is 8.57. The highest BCUT2D eigenvalue weighted by Crippen LogP contribution is 2.39. The molecule has 3 N–H and O–H groups in total. The summed E-state index contributed by atoms with van der Waals surface area (Å²) in [5.41, 5.74) is 11.7. The minimum Gasteiger partial charge on any atom is -0.444 e. The smallest absolute Gasteiger partial charge is 0.407 e.